The van der Waals surface area contributed by atoms with Gasteiger partial charge in [0.25, 0.3) is 11.7 Å². The molecule has 248 valence electrons. The maximum absolute atomic E-state index is 4.81. The second-order valence-electron chi connectivity index (χ2n) is 10.6. The van der Waals surface area contributed by atoms with Crippen LogP contribution >= 0.6 is 12.4 Å². The first-order valence-electron chi connectivity index (χ1n) is 15.2. The third kappa shape index (κ3) is 8.58. The Morgan fingerprint density at radius 2 is 0.571 bits per heavy atom. The van der Waals surface area contributed by atoms with Crippen LogP contribution in [-0.4, -0.2) is 11.7 Å². The van der Waals surface area contributed by atoms with Gasteiger partial charge in [-0.05, 0) is 72.8 Å². The second kappa shape index (κ2) is 17.7. The number of rotatable bonds is 6. The Morgan fingerprint density at radius 1 is 0.327 bits per heavy atom. The number of hydrogen-bond acceptors (Lipinski definition) is 6. The predicted molar refractivity (Wildman–Crippen MR) is 193 cm³/mol. The average Bonchev–Trinajstić information content (AvgIpc) is 3.81. The smallest absolute Gasteiger partial charge is 0.277 e. The van der Waals surface area contributed by atoms with Gasteiger partial charge in [-0.3, -0.25) is 0 Å². The molecule has 0 bridgehead atoms. The van der Waals surface area contributed by atoms with E-state index in [0.717, 1.165) is 45.5 Å². The van der Waals surface area contributed by atoms with Gasteiger partial charge in [-0.1, -0.05) is 119 Å². The first kappa shape index (κ1) is 36.5. The lowest BCUT2D eigenvalue weighted by Crippen LogP contribution is -3.00. The molecule has 0 radical (unpaired) electrons. The van der Waals surface area contributed by atoms with E-state index in [4.69, 9.17) is 10.2 Å². The quantitative estimate of drug-likeness (QED) is 0.239. The van der Waals surface area contributed by atoms with Crippen molar-refractivity contribution in [3.05, 3.63) is 193 Å². The normalized spacial score (nSPS) is 13.1. The summed E-state index contributed by atoms with van der Waals surface area (Å²) in [5, 5.41) is 17.6. The molecule has 0 saturated heterocycles. The number of quaternary nitrogens is 2. The molecule has 0 aromatic heterocycles. The molecule has 49 heavy (non-hydrogen) atoms. The molecular weight excluding hydrogens is 675 g/mol. The number of nitrogens with two attached hydrogens (primary N) is 2. The zero-order valence-electron chi connectivity index (χ0n) is 26.3. The van der Waals surface area contributed by atoms with Gasteiger partial charge in [-0.2, -0.15) is 10.9 Å². The van der Waals surface area contributed by atoms with Crippen molar-refractivity contribution in [2.75, 3.05) is 20.5 Å². The molecular formula is C38H35Cl3N8. The maximum atomic E-state index is 4.81. The van der Waals surface area contributed by atoms with Gasteiger partial charge >= 0.3 is 0 Å². The Balaban J connectivity index is 0.000000208. The summed E-state index contributed by atoms with van der Waals surface area (Å²) in [6.07, 6.45) is 0. The van der Waals surface area contributed by atoms with Crippen LogP contribution in [0.1, 0.15) is 11.1 Å². The van der Waals surface area contributed by atoms with Crippen LogP contribution in [-0.2, 0) is 0 Å². The van der Waals surface area contributed by atoms with Gasteiger partial charge in [0.15, 0.2) is 0 Å². The second-order valence-corrected chi connectivity index (χ2v) is 10.6. The fourth-order valence-electron chi connectivity index (χ4n) is 5.19. The van der Waals surface area contributed by atoms with Crippen molar-refractivity contribution in [2.45, 2.75) is 0 Å². The van der Waals surface area contributed by atoms with Crippen LogP contribution < -0.4 is 56.1 Å². The van der Waals surface area contributed by atoms with Crippen molar-refractivity contribution < 1.29 is 35.7 Å². The maximum Gasteiger partial charge on any atom is 0.277 e. The molecule has 2 heterocycles. The lowest BCUT2D eigenvalue weighted by atomic mass is 10.2. The third-order valence-corrected chi connectivity index (χ3v) is 7.46. The minimum atomic E-state index is 0. The van der Waals surface area contributed by atoms with Gasteiger partial charge in [0.1, 0.15) is 11.4 Å². The highest BCUT2D eigenvalue weighted by Crippen LogP contribution is 2.23. The summed E-state index contributed by atoms with van der Waals surface area (Å²) in [4.78, 5) is 0. The van der Waals surface area contributed by atoms with Crippen LogP contribution in [0.25, 0.3) is 0 Å². The van der Waals surface area contributed by atoms with E-state index in [1.54, 1.807) is 0 Å². The molecule has 11 heteroatoms. The molecule has 8 nitrogen and oxygen atoms in total. The van der Waals surface area contributed by atoms with Crippen molar-refractivity contribution in [1.82, 2.24) is 0 Å². The Kier molecular flexibility index (Phi) is 13.2. The van der Waals surface area contributed by atoms with Crippen molar-refractivity contribution in [1.29, 1.82) is 0 Å². The van der Waals surface area contributed by atoms with Crippen LogP contribution in [0.15, 0.2) is 192 Å². The molecule has 0 aliphatic carbocycles. The first-order valence-corrected chi connectivity index (χ1v) is 15.2. The Hall–Kier alpha value is -5.35. The van der Waals surface area contributed by atoms with Crippen LogP contribution in [0, 0.1) is 0 Å². The van der Waals surface area contributed by atoms with Crippen molar-refractivity contribution in [2.24, 2.45) is 10.2 Å². The topological polar surface area (TPSA) is 70.9 Å². The van der Waals surface area contributed by atoms with Crippen LogP contribution in [0.3, 0.4) is 0 Å². The Morgan fingerprint density at radius 3 is 0.857 bits per heavy atom. The largest absolute Gasteiger partial charge is 1.00 e. The first-order chi connectivity index (χ1) is 22.8. The lowest BCUT2D eigenvalue weighted by Gasteiger charge is -2.23. The standard InChI is InChI=1S/2C19H16N4.3ClH/c2*1-4-10-16(11-5-1)19-20-22(17-12-6-2-7-13-17)23(21-19)18-14-8-3-9-15-18;;;/h2*1-15H,(H,20,21);3*1H. The molecule has 0 unspecified atom stereocenters. The van der Waals surface area contributed by atoms with Crippen LogP contribution in [0.2, 0.25) is 0 Å². The highest BCUT2D eigenvalue weighted by Gasteiger charge is 2.32. The number of hydrazine groups is 2. The predicted octanol–water partition coefficient (Wildman–Crippen LogP) is -0.0334. The highest BCUT2D eigenvalue weighted by molar-refractivity contribution is 5.94. The highest BCUT2D eigenvalue weighted by atomic mass is 35.5. The summed E-state index contributed by atoms with van der Waals surface area (Å²) in [6.45, 7) is 0. The van der Waals surface area contributed by atoms with E-state index in [1.165, 1.54) is 0 Å². The minimum absolute atomic E-state index is 0. The van der Waals surface area contributed by atoms with E-state index in [9.17, 15) is 0 Å². The molecule has 0 atom stereocenters. The van der Waals surface area contributed by atoms with Crippen molar-refractivity contribution >= 4 is 46.8 Å². The van der Waals surface area contributed by atoms with Crippen molar-refractivity contribution in [3.63, 3.8) is 0 Å². The van der Waals surface area contributed by atoms with Gasteiger partial charge in [0, 0.05) is 0 Å². The molecule has 6 aromatic carbocycles. The van der Waals surface area contributed by atoms with E-state index in [2.05, 4.69) is 93.9 Å². The van der Waals surface area contributed by atoms with E-state index in [-0.39, 0.29) is 37.2 Å². The average molecular weight is 710 g/mol. The SMILES string of the molecule is Cl.[Cl-].[Cl-].c1ccc(C2=NN(c3ccccc3)N(c3ccccc3)[NH2+]2)cc1.c1ccc(C2=NN(c3ccccc3)N(c3ccccc3)[NH2+]2)cc1. The number of hydrogen-bond donors (Lipinski definition) is 2. The van der Waals surface area contributed by atoms with Gasteiger partial charge in [-0.25, -0.2) is 0 Å². The minimum Gasteiger partial charge on any atom is -1.00 e. The molecule has 2 aliphatic rings. The molecule has 0 spiro atoms. The van der Waals surface area contributed by atoms with Crippen LogP contribution in [0.4, 0.5) is 22.7 Å². The van der Waals surface area contributed by atoms with Gasteiger partial charge in [-0.15, -0.1) is 32.9 Å². The van der Waals surface area contributed by atoms with Gasteiger partial charge in [0.05, 0.1) is 22.5 Å². The van der Waals surface area contributed by atoms with Crippen LogP contribution in [0.5, 0.6) is 0 Å². The molecule has 0 fully saturated rings. The number of nitrogens with zero attached hydrogens (tertiary/aromatic N) is 6. The Bertz CT molecular complexity index is 1760. The molecule has 0 saturated carbocycles. The number of amidine groups is 2. The third-order valence-electron chi connectivity index (χ3n) is 7.46. The number of halogens is 3. The van der Waals surface area contributed by atoms with E-state index in [0.29, 0.717) is 0 Å². The summed E-state index contributed by atoms with van der Waals surface area (Å²) >= 11 is 0. The monoisotopic (exact) mass is 708 g/mol. The molecule has 4 N–H and O–H groups in total. The summed E-state index contributed by atoms with van der Waals surface area (Å²) in [5.41, 5.74) is 10.5. The summed E-state index contributed by atoms with van der Waals surface area (Å²) < 4.78 is 0. The van der Waals surface area contributed by atoms with E-state index in [1.807, 2.05) is 119 Å². The summed E-state index contributed by atoms with van der Waals surface area (Å²) in [5.74, 6) is 1.89. The van der Waals surface area contributed by atoms with Gasteiger partial charge < -0.3 is 24.8 Å². The molecule has 6 aromatic rings. The Labute approximate surface area is 305 Å². The van der Waals surface area contributed by atoms with Crippen molar-refractivity contribution in [3.8, 4) is 0 Å². The summed E-state index contributed by atoms with van der Waals surface area (Å²) in [6, 6.07) is 61.3. The lowest BCUT2D eigenvalue weighted by molar-refractivity contribution is -0.545. The zero-order chi connectivity index (χ0) is 31.0. The van der Waals surface area contributed by atoms with Gasteiger partial charge in [0.2, 0.25) is 0 Å². The number of anilines is 4. The van der Waals surface area contributed by atoms with E-state index >= 15 is 0 Å². The number of benzene rings is 6. The molecule has 2 aliphatic heterocycles. The van der Waals surface area contributed by atoms with E-state index < -0.39 is 0 Å². The zero-order valence-corrected chi connectivity index (χ0v) is 28.7. The molecule has 0 amide bonds. The molecule has 8 rings (SSSR count). The number of para-hydroxylation sites is 4. The number of hydrazone groups is 2. The fourth-order valence-corrected chi connectivity index (χ4v) is 5.19. The fraction of sp³-hybridized carbons (Fsp3) is 0. The summed E-state index contributed by atoms with van der Waals surface area (Å²) in [7, 11) is 0.